The van der Waals surface area contributed by atoms with E-state index in [1.54, 1.807) is 6.92 Å². The summed E-state index contributed by atoms with van der Waals surface area (Å²) in [4.78, 5) is 10.9. The maximum Gasteiger partial charge on any atom is 0.339 e. The average molecular weight is 275 g/mol. The van der Waals surface area contributed by atoms with Gasteiger partial charge >= 0.3 is 5.97 Å². The molecule has 0 aromatic heterocycles. The van der Waals surface area contributed by atoms with Gasteiger partial charge < -0.3 is 5.11 Å². The number of sulfonamides is 1. The van der Waals surface area contributed by atoms with Gasteiger partial charge in [-0.3, -0.25) is 4.72 Å². The number of hydrogen-bond donors (Lipinski definition) is 2. The Kier molecular flexibility index (Phi) is 4.28. The molecule has 1 aromatic rings. The SMILES string of the molecule is CCCS(=O)(=O)Nc1ccc(F)c(C(=O)O)c1C. The first kappa shape index (κ1) is 14.4. The lowest BCUT2D eigenvalue weighted by Crippen LogP contribution is -2.18. The van der Waals surface area contributed by atoms with Crippen LogP contribution in [0.25, 0.3) is 0 Å². The van der Waals surface area contributed by atoms with Crippen molar-refractivity contribution in [3.63, 3.8) is 0 Å². The van der Waals surface area contributed by atoms with Crippen molar-refractivity contribution in [3.05, 3.63) is 29.1 Å². The molecule has 0 amide bonds. The van der Waals surface area contributed by atoms with Gasteiger partial charge in [0, 0.05) is 0 Å². The van der Waals surface area contributed by atoms with Crippen LogP contribution < -0.4 is 4.72 Å². The molecular weight excluding hydrogens is 261 g/mol. The van der Waals surface area contributed by atoms with Crippen molar-refractivity contribution in [2.75, 3.05) is 10.5 Å². The van der Waals surface area contributed by atoms with E-state index in [1.807, 2.05) is 0 Å². The third-order valence-corrected chi connectivity index (χ3v) is 3.84. The number of carbonyl (C=O) groups is 1. The number of carboxylic acid groups (broad SMARTS) is 1. The predicted molar refractivity (Wildman–Crippen MR) is 65.8 cm³/mol. The van der Waals surface area contributed by atoms with E-state index >= 15 is 0 Å². The number of hydrogen-bond acceptors (Lipinski definition) is 3. The van der Waals surface area contributed by atoms with E-state index in [0.29, 0.717) is 6.42 Å². The fraction of sp³-hybridized carbons (Fsp3) is 0.364. The van der Waals surface area contributed by atoms with Crippen molar-refractivity contribution in [3.8, 4) is 0 Å². The maximum atomic E-state index is 13.3. The Morgan fingerprint density at radius 1 is 1.44 bits per heavy atom. The molecular formula is C11H14FNO4S. The highest BCUT2D eigenvalue weighted by molar-refractivity contribution is 7.92. The summed E-state index contributed by atoms with van der Waals surface area (Å²) < 4.78 is 38.7. The van der Waals surface area contributed by atoms with Crippen molar-refractivity contribution >= 4 is 21.7 Å². The summed E-state index contributed by atoms with van der Waals surface area (Å²) in [7, 11) is -3.53. The first-order valence-corrected chi connectivity index (χ1v) is 6.96. The van der Waals surface area contributed by atoms with Gasteiger partial charge in [-0.25, -0.2) is 17.6 Å². The Hall–Kier alpha value is -1.63. The maximum absolute atomic E-state index is 13.3. The summed E-state index contributed by atoms with van der Waals surface area (Å²) >= 11 is 0. The zero-order valence-electron chi connectivity index (χ0n) is 10.0. The normalized spacial score (nSPS) is 11.3. The fourth-order valence-electron chi connectivity index (χ4n) is 1.54. The summed E-state index contributed by atoms with van der Waals surface area (Å²) in [6.07, 6.45) is 0.432. The Morgan fingerprint density at radius 3 is 2.56 bits per heavy atom. The number of anilines is 1. The van der Waals surface area contributed by atoms with Gasteiger partial charge in [-0.2, -0.15) is 0 Å². The van der Waals surface area contributed by atoms with Crippen LogP contribution in [0, 0.1) is 12.7 Å². The van der Waals surface area contributed by atoms with Crippen LogP contribution in [-0.4, -0.2) is 25.2 Å². The number of carboxylic acids is 1. The van der Waals surface area contributed by atoms with Crippen molar-refractivity contribution in [1.29, 1.82) is 0 Å². The van der Waals surface area contributed by atoms with Crippen LogP contribution in [0.2, 0.25) is 0 Å². The van der Waals surface area contributed by atoms with Crippen LogP contribution in [0.3, 0.4) is 0 Å². The van der Waals surface area contributed by atoms with Gasteiger partial charge in [0.25, 0.3) is 0 Å². The van der Waals surface area contributed by atoms with E-state index in [1.165, 1.54) is 13.0 Å². The number of nitrogens with one attached hydrogen (secondary N) is 1. The third kappa shape index (κ3) is 3.19. The molecule has 0 atom stereocenters. The van der Waals surface area contributed by atoms with Gasteiger partial charge in [0.05, 0.1) is 11.4 Å². The smallest absolute Gasteiger partial charge is 0.339 e. The summed E-state index contributed by atoms with van der Waals surface area (Å²) in [5.41, 5.74) is -0.379. The molecule has 5 nitrogen and oxygen atoms in total. The van der Waals surface area contributed by atoms with Gasteiger partial charge in [0.1, 0.15) is 11.4 Å². The molecule has 0 unspecified atom stereocenters. The molecule has 0 spiro atoms. The monoisotopic (exact) mass is 275 g/mol. The molecule has 7 heteroatoms. The molecule has 2 N–H and O–H groups in total. The fourth-order valence-corrected chi connectivity index (χ4v) is 2.73. The van der Waals surface area contributed by atoms with Crippen LogP contribution >= 0.6 is 0 Å². The van der Waals surface area contributed by atoms with Crippen molar-refractivity contribution in [1.82, 2.24) is 0 Å². The molecule has 0 bridgehead atoms. The number of benzene rings is 1. The molecule has 0 saturated carbocycles. The minimum atomic E-state index is -3.53. The molecule has 100 valence electrons. The largest absolute Gasteiger partial charge is 0.478 e. The van der Waals surface area contributed by atoms with Gasteiger partial charge in [0.2, 0.25) is 10.0 Å². The van der Waals surface area contributed by atoms with Crippen molar-refractivity contribution in [2.45, 2.75) is 20.3 Å². The number of rotatable bonds is 5. The van der Waals surface area contributed by atoms with E-state index in [4.69, 9.17) is 5.11 Å². The molecule has 0 saturated heterocycles. The minimum absolute atomic E-state index is 0.0576. The minimum Gasteiger partial charge on any atom is -0.478 e. The van der Waals surface area contributed by atoms with Crippen LogP contribution in [-0.2, 0) is 10.0 Å². The predicted octanol–water partition coefficient (Wildman–Crippen LogP) is 1.98. The van der Waals surface area contributed by atoms with Crippen LogP contribution in [0.15, 0.2) is 12.1 Å². The molecule has 0 aliphatic carbocycles. The highest BCUT2D eigenvalue weighted by atomic mass is 32.2. The van der Waals surface area contributed by atoms with Crippen LogP contribution in [0.5, 0.6) is 0 Å². The Bertz CT molecular complexity index is 569. The Labute approximate surface area is 105 Å². The van der Waals surface area contributed by atoms with E-state index in [-0.39, 0.29) is 17.0 Å². The molecule has 0 aliphatic heterocycles. The molecule has 0 heterocycles. The lowest BCUT2D eigenvalue weighted by molar-refractivity contribution is 0.0691. The molecule has 1 aromatic carbocycles. The summed E-state index contributed by atoms with van der Waals surface area (Å²) in [5.74, 6) is -2.40. The highest BCUT2D eigenvalue weighted by Crippen LogP contribution is 2.23. The second-order valence-corrected chi connectivity index (χ2v) is 5.66. The van der Waals surface area contributed by atoms with E-state index in [0.717, 1.165) is 6.07 Å². The van der Waals surface area contributed by atoms with Crippen molar-refractivity contribution in [2.24, 2.45) is 0 Å². The summed E-state index contributed by atoms with van der Waals surface area (Å²) in [6.45, 7) is 3.07. The Balaban J connectivity index is 3.21. The first-order chi connectivity index (χ1) is 8.28. The van der Waals surface area contributed by atoms with Crippen molar-refractivity contribution < 1.29 is 22.7 Å². The van der Waals surface area contributed by atoms with E-state index < -0.39 is 27.4 Å². The second kappa shape index (κ2) is 5.34. The van der Waals surface area contributed by atoms with Gasteiger partial charge in [-0.05, 0) is 31.0 Å². The molecule has 0 radical (unpaired) electrons. The number of halogens is 1. The molecule has 18 heavy (non-hydrogen) atoms. The van der Waals surface area contributed by atoms with E-state index in [2.05, 4.69) is 4.72 Å². The molecule has 0 fully saturated rings. The molecule has 0 aliphatic rings. The average Bonchev–Trinajstić information content (AvgIpc) is 2.21. The number of aromatic carboxylic acids is 1. The first-order valence-electron chi connectivity index (χ1n) is 5.31. The Morgan fingerprint density at radius 2 is 2.06 bits per heavy atom. The standard InChI is InChI=1S/C11H14FNO4S/c1-3-6-18(16,17)13-9-5-4-8(12)10(7(9)2)11(14)15/h4-5,13H,3,6H2,1-2H3,(H,14,15). The third-order valence-electron chi connectivity index (χ3n) is 2.37. The van der Waals surface area contributed by atoms with Crippen LogP contribution in [0.1, 0.15) is 29.3 Å². The second-order valence-electron chi connectivity index (χ2n) is 3.82. The van der Waals surface area contributed by atoms with Gasteiger partial charge in [-0.1, -0.05) is 6.92 Å². The summed E-state index contributed by atoms with van der Waals surface area (Å²) in [5, 5.41) is 8.86. The lowest BCUT2D eigenvalue weighted by Gasteiger charge is -2.12. The quantitative estimate of drug-likeness (QED) is 0.860. The van der Waals surface area contributed by atoms with Crippen LogP contribution in [0.4, 0.5) is 10.1 Å². The highest BCUT2D eigenvalue weighted by Gasteiger charge is 2.18. The summed E-state index contributed by atoms with van der Waals surface area (Å²) in [6, 6.07) is 2.14. The lowest BCUT2D eigenvalue weighted by atomic mass is 10.1. The zero-order chi connectivity index (χ0) is 13.9. The zero-order valence-corrected chi connectivity index (χ0v) is 10.8. The molecule has 1 rings (SSSR count). The van der Waals surface area contributed by atoms with E-state index in [9.17, 15) is 17.6 Å². The van der Waals surface area contributed by atoms with Gasteiger partial charge in [-0.15, -0.1) is 0 Å². The van der Waals surface area contributed by atoms with Gasteiger partial charge in [0.15, 0.2) is 0 Å². The topological polar surface area (TPSA) is 83.5 Å².